The van der Waals surface area contributed by atoms with Crippen molar-refractivity contribution < 1.29 is 33.2 Å². The standard InChI is InChI=1S/C15H34O7Si2/c1-17-14(18-2,19-3)9-7-11-23-13(16)24-12-8-10-15(20-4,21-5)22-6/h7-12,23-24H2,1-6H3. The van der Waals surface area contributed by atoms with Crippen molar-refractivity contribution >= 4 is 24.1 Å². The largest absolute Gasteiger partial charge is 0.331 e. The molecule has 0 aromatic carbocycles. The van der Waals surface area contributed by atoms with Gasteiger partial charge in [0.25, 0.3) is 11.9 Å². The molecule has 0 aliphatic heterocycles. The number of carbonyl (C=O) groups is 1. The van der Waals surface area contributed by atoms with Gasteiger partial charge in [-0.05, 0) is 12.8 Å². The molecule has 0 aliphatic carbocycles. The summed E-state index contributed by atoms with van der Waals surface area (Å²) in [6.45, 7) is 0. The smallest absolute Gasteiger partial charge is 0.282 e. The molecule has 0 amide bonds. The first-order chi connectivity index (χ1) is 11.5. The zero-order valence-corrected chi connectivity index (χ0v) is 18.8. The predicted octanol–water partition coefficient (Wildman–Crippen LogP) is 1.03. The number of rotatable bonds is 16. The molecule has 0 spiro atoms. The second-order valence-corrected chi connectivity index (χ2v) is 10.5. The fourth-order valence-corrected chi connectivity index (χ4v) is 6.85. The third-order valence-corrected chi connectivity index (χ3v) is 9.19. The van der Waals surface area contributed by atoms with Gasteiger partial charge in [-0.15, -0.1) is 0 Å². The van der Waals surface area contributed by atoms with Crippen molar-refractivity contribution in [2.24, 2.45) is 0 Å². The number of methoxy groups -OCH3 is 6. The maximum Gasteiger partial charge on any atom is 0.282 e. The fourth-order valence-electron chi connectivity index (χ4n) is 2.56. The van der Waals surface area contributed by atoms with E-state index in [1.807, 2.05) is 0 Å². The van der Waals surface area contributed by atoms with Gasteiger partial charge in [0.15, 0.2) is 0 Å². The normalized spacial score (nSPS) is 13.6. The zero-order valence-electron chi connectivity index (χ0n) is 16.0. The molecule has 0 saturated carbocycles. The van der Waals surface area contributed by atoms with Crippen LogP contribution in [0.1, 0.15) is 25.7 Å². The minimum absolute atomic E-state index is 0.533. The Hall–Kier alpha value is -0.136. The molecule has 0 bridgehead atoms. The van der Waals surface area contributed by atoms with Gasteiger partial charge in [0.1, 0.15) is 0 Å². The molecule has 0 radical (unpaired) electrons. The van der Waals surface area contributed by atoms with Crippen LogP contribution in [0.5, 0.6) is 0 Å². The number of ether oxygens (including phenoxy) is 6. The second kappa shape index (κ2) is 13.1. The van der Waals surface area contributed by atoms with Crippen molar-refractivity contribution in [3.05, 3.63) is 0 Å². The van der Waals surface area contributed by atoms with Crippen LogP contribution in [0.4, 0.5) is 4.79 Å². The number of carbonyl (C=O) groups excluding carboxylic acids is 1. The van der Waals surface area contributed by atoms with E-state index < -0.39 is 31.0 Å². The molecule has 0 fully saturated rings. The van der Waals surface area contributed by atoms with Gasteiger partial charge in [0, 0.05) is 55.5 Å². The molecule has 7 nitrogen and oxygen atoms in total. The SMILES string of the molecule is COC(CCC[SiH2]C(=O)[SiH2]CCCC(OC)(OC)OC)(OC)OC. The van der Waals surface area contributed by atoms with E-state index >= 15 is 0 Å². The first kappa shape index (κ1) is 23.9. The maximum absolute atomic E-state index is 12.0. The summed E-state index contributed by atoms with van der Waals surface area (Å²) in [6, 6.07) is 1.92. The molecule has 0 N–H and O–H groups in total. The van der Waals surface area contributed by atoms with E-state index in [4.69, 9.17) is 28.4 Å². The number of hydrogen-bond acceptors (Lipinski definition) is 7. The molecule has 0 aliphatic rings. The van der Waals surface area contributed by atoms with Crippen LogP contribution in [0.3, 0.4) is 0 Å². The van der Waals surface area contributed by atoms with E-state index in [-0.39, 0.29) is 0 Å². The van der Waals surface area contributed by atoms with Gasteiger partial charge < -0.3 is 33.2 Å². The predicted molar refractivity (Wildman–Crippen MR) is 98.1 cm³/mol. The highest BCUT2D eigenvalue weighted by molar-refractivity contribution is 7.03. The van der Waals surface area contributed by atoms with Crippen LogP contribution in [0.2, 0.25) is 12.1 Å². The van der Waals surface area contributed by atoms with Gasteiger partial charge in [-0.3, -0.25) is 0 Å². The summed E-state index contributed by atoms with van der Waals surface area (Å²) in [6.07, 6.45) is 3.02. The van der Waals surface area contributed by atoms with E-state index in [0.717, 1.165) is 24.9 Å². The van der Waals surface area contributed by atoms with E-state index in [1.165, 1.54) is 0 Å². The maximum atomic E-state index is 12.0. The van der Waals surface area contributed by atoms with E-state index in [1.54, 1.807) is 42.7 Å². The molecule has 144 valence electrons. The fraction of sp³-hybridized carbons (Fsp3) is 0.933. The Morgan fingerprint density at radius 2 is 0.958 bits per heavy atom. The molecule has 0 aromatic heterocycles. The summed E-state index contributed by atoms with van der Waals surface area (Å²) >= 11 is 0. The highest BCUT2D eigenvalue weighted by Crippen LogP contribution is 2.21. The Balaban J connectivity index is 3.88. The van der Waals surface area contributed by atoms with Crippen molar-refractivity contribution in [3.8, 4) is 0 Å². The van der Waals surface area contributed by atoms with Crippen molar-refractivity contribution in [2.45, 2.75) is 49.7 Å². The molecular formula is C15H34O7Si2. The average Bonchev–Trinajstić information content (AvgIpc) is 2.63. The van der Waals surface area contributed by atoms with Crippen LogP contribution in [-0.4, -0.2) is 78.7 Å². The van der Waals surface area contributed by atoms with E-state index in [9.17, 15) is 4.79 Å². The Morgan fingerprint density at radius 1 is 0.667 bits per heavy atom. The van der Waals surface area contributed by atoms with E-state index in [0.29, 0.717) is 17.9 Å². The number of hydrogen-bond donors (Lipinski definition) is 0. The third-order valence-electron chi connectivity index (χ3n) is 4.24. The Kier molecular flexibility index (Phi) is 13.0. The average molecular weight is 383 g/mol. The van der Waals surface area contributed by atoms with E-state index in [2.05, 4.69) is 0 Å². The van der Waals surface area contributed by atoms with Gasteiger partial charge in [0.2, 0.25) is 0 Å². The van der Waals surface area contributed by atoms with Crippen molar-refractivity contribution in [1.82, 2.24) is 0 Å². The zero-order chi connectivity index (χ0) is 18.5. The Bertz CT molecular complexity index is 287. The summed E-state index contributed by atoms with van der Waals surface area (Å²) < 4.78 is 31.5. The van der Waals surface area contributed by atoms with Gasteiger partial charge in [0.05, 0.1) is 24.1 Å². The highest BCUT2D eigenvalue weighted by Gasteiger charge is 2.29. The van der Waals surface area contributed by atoms with Crippen LogP contribution in [0.25, 0.3) is 0 Å². The lowest BCUT2D eigenvalue weighted by atomic mass is 10.3. The van der Waals surface area contributed by atoms with Crippen molar-refractivity contribution in [2.75, 3.05) is 42.7 Å². The molecule has 0 heterocycles. The third kappa shape index (κ3) is 8.30. The lowest BCUT2D eigenvalue weighted by molar-refractivity contribution is -0.355. The minimum atomic E-state index is -0.974. The topological polar surface area (TPSA) is 72.5 Å². The van der Waals surface area contributed by atoms with Crippen LogP contribution < -0.4 is 0 Å². The van der Waals surface area contributed by atoms with Gasteiger partial charge in [-0.25, -0.2) is 0 Å². The highest BCUT2D eigenvalue weighted by atomic mass is 28.3. The molecule has 0 atom stereocenters. The quantitative estimate of drug-likeness (QED) is 0.224. The first-order valence-corrected chi connectivity index (χ1v) is 11.7. The van der Waals surface area contributed by atoms with Crippen molar-refractivity contribution in [1.29, 1.82) is 0 Å². The molecule has 0 unspecified atom stereocenters. The molecule has 9 heteroatoms. The summed E-state index contributed by atoms with van der Waals surface area (Å²) in [5, 5.41) is 0.533. The molecular weight excluding hydrogens is 348 g/mol. The monoisotopic (exact) mass is 382 g/mol. The van der Waals surface area contributed by atoms with Gasteiger partial charge >= 0.3 is 0 Å². The van der Waals surface area contributed by atoms with Crippen LogP contribution in [-0.2, 0) is 28.4 Å². The molecule has 0 aromatic rings. The summed E-state index contributed by atoms with van der Waals surface area (Å²) in [7, 11) is 8.01. The lowest BCUT2D eigenvalue weighted by Gasteiger charge is -2.28. The summed E-state index contributed by atoms with van der Waals surface area (Å²) in [4.78, 5) is 12.0. The van der Waals surface area contributed by atoms with Crippen LogP contribution >= 0.6 is 0 Å². The molecule has 0 saturated heterocycles. The first-order valence-electron chi connectivity index (χ1n) is 8.29. The minimum Gasteiger partial charge on any atom is -0.331 e. The second-order valence-electron chi connectivity index (χ2n) is 5.54. The molecule has 24 heavy (non-hydrogen) atoms. The van der Waals surface area contributed by atoms with Crippen LogP contribution in [0, 0.1) is 0 Å². The Morgan fingerprint density at radius 3 is 1.21 bits per heavy atom. The van der Waals surface area contributed by atoms with Crippen LogP contribution in [0.15, 0.2) is 0 Å². The van der Waals surface area contributed by atoms with Gasteiger partial charge in [-0.2, -0.15) is 0 Å². The Labute approximate surface area is 150 Å². The summed E-state index contributed by atoms with van der Waals surface area (Å²) in [5.41, 5.74) is 0. The summed E-state index contributed by atoms with van der Waals surface area (Å²) in [5.74, 6) is -1.95. The molecule has 0 rings (SSSR count). The van der Waals surface area contributed by atoms with Gasteiger partial charge in [-0.1, -0.05) is 12.1 Å². The lowest BCUT2D eigenvalue weighted by Crippen LogP contribution is -2.36. The van der Waals surface area contributed by atoms with Crippen molar-refractivity contribution in [3.63, 3.8) is 0 Å².